The van der Waals surface area contributed by atoms with Crippen LogP contribution in [0.25, 0.3) is 0 Å². The van der Waals surface area contributed by atoms with Gasteiger partial charge in [-0.25, -0.2) is 0 Å². The maximum Gasteiger partial charge on any atom is 0.00813 e. The molecular weight excluding hydrogens is 218 g/mol. The predicted octanol–water partition coefficient (Wildman–Crippen LogP) is 4.10. The van der Waals surface area contributed by atoms with Crippen LogP contribution in [0.4, 0.5) is 0 Å². The second kappa shape index (κ2) is 5.44. The fraction of sp³-hybridized carbons (Fsp3) is 0.647. The molecule has 1 aromatic carbocycles. The van der Waals surface area contributed by atoms with Crippen molar-refractivity contribution >= 4 is 0 Å². The molecular formula is C17H25N. The Morgan fingerprint density at radius 1 is 1.17 bits per heavy atom. The molecule has 1 N–H and O–H groups in total. The van der Waals surface area contributed by atoms with Crippen molar-refractivity contribution in [1.82, 2.24) is 5.32 Å². The van der Waals surface area contributed by atoms with Crippen LogP contribution in [0.5, 0.6) is 0 Å². The molecule has 0 heterocycles. The Morgan fingerprint density at radius 3 is 2.50 bits per heavy atom. The third kappa shape index (κ3) is 2.95. The van der Waals surface area contributed by atoms with Crippen molar-refractivity contribution in [2.45, 2.75) is 63.5 Å². The molecule has 1 atom stereocenters. The molecule has 0 aromatic heterocycles. The Balaban J connectivity index is 1.44. The highest BCUT2D eigenvalue weighted by molar-refractivity contribution is 5.22. The number of nitrogens with one attached hydrogen (secondary N) is 1. The maximum absolute atomic E-state index is 3.87. The second-order valence-corrected chi connectivity index (χ2v) is 6.23. The second-order valence-electron chi connectivity index (χ2n) is 6.23. The lowest BCUT2D eigenvalue weighted by Crippen LogP contribution is -2.45. The van der Waals surface area contributed by atoms with Gasteiger partial charge in [0.2, 0.25) is 0 Å². The number of rotatable bonds is 6. The van der Waals surface area contributed by atoms with E-state index in [1.54, 1.807) is 0 Å². The summed E-state index contributed by atoms with van der Waals surface area (Å²) < 4.78 is 0. The van der Waals surface area contributed by atoms with Crippen LogP contribution < -0.4 is 5.32 Å². The number of benzene rings is 1. The van der Waals surface area contributed by atoms with Crippen LogP contribution in [-0.2, 0) is 0 Å². The SMILES string of the molecule is CCC(CC1CC1)NC1CC(c2ccccc2)C1. The topological polar surface area (TPSA) is 12.0 Å². The molecule has 1 aromatic rings. The summed E-state index contributed by atoms with van der Waals surface area (Å²) in [7, 11) is 0. The van der Waals surface area contributed by atoms with Crippen molar-refractivity contribution < 1.29 is 0 Å². The Bertz CT molecular complexity index is 362. The van der Waals surface area contributed by atoms with Crippen molar-refractivity contribution in [2.24, 2.45) is 5.92 Å². The number of hydrogen-bond donors (Lipinski definition) is 1. The van der Waals surface area contributed by atoms with Gasteiger partial charge in [-0.3, -0.25) is 0 Å². The van der Waals surface area contributed by atoms with Gasteiger partial charge in [0.1, 0.15) is 0 Å². The highest BCUT2D eigenvalue weighted by Gasteiger charge is 2.32. The molecule has 98 valence electrons. The van der Waals surface area contributed by atoms with E-state index in [1.807, 2.05) is 0 Å². The first-order valence-corrected chi connectivity index (χ1v) is 7.66. The summed E-state index contributed by atoms with van der Waals surface area (Å²) in [5.41, 5.74) is 1.53. The van der Waals surface area contributed by atoms with Gasteiger partial charge >= 0.3 is 0 Å². The molecule has 0 spiro atoms. The molecule has 1 nitrogen and oxygen atoms in total. The van der Waals surface area contributed by atoms with Crippen molar-refractivity contribution in [2.75, 3.05) is 0 Å². The van der Waals surface area contributed by atoms with Crippen molar-refractivity contribution in [1.29, 1.82) is 0 Å². The lowest BCUT2D eigenvalue weighted by molar-refractivity contribution is 0.252. The average Bonchev–Trinajstić information content (AvgIpc) is 3.16. The van der Waals surface area contributed by atoms with E-state index in [-0.39, 0.29) is 0 Å². The minimum Gasteiger partial charge on any atom is -0.311 e. The summed E-state index contributed by atoms with van der Waals surface area (Å²) >= 11 is 0. The van der Waals surface area contributed by atoms with Crippen LogP contribution in [0, 0.1) is 5.92 Å². The Morgan fingerprint density at radius 2 is 1.89 bits per heavy atom. The van der Waals surface area contributed by atoms with Gasteiger partial charge in [0, 0.05) is 12.1 Å². The van der Waals surface area contributed by atoms with Crippen LogP contribution in [0.1, 0.15) is 56.9 Å². The first kappa shape index (κ1) is 12.2. The van der Waals surface area contributed by atoms with Crippen molar-refractivity contribution in [3.05, 3.63) is 35.9 Å². The molecule has 1 unspecified atom stereocenters. The summed E-state index contributed by atoms with van der Waals surface area (Å²) in [6, 6.07) is 12.6. The molecule has 2 saturated carbocycles. The highest BCUT2D eigenvalue weighted by atomic mass is 15.0. The van der Waals surface area contributed by atoms with E-state index in [2.05, 4.69) is 42.6 Å². The fourth-order valence-electron chi connectivity index (χ4n) is 3.19. The molecule has 0 radical (unpaired) electrons. The number of hydrogen-bond acceptors (Lipinski definition) is 1. The first-order valence-electron chi connectivity index (χ1n) is 7.66. The Kier molecular flexibility index (Phi) is 3.69. The van der Waals surface area contributed by atoms with Gasteiger partial charge in [-0.05, 0) is 43.1 Å². The lowest BCUT2D eigenvalue weighted by atomic mass is 9.75. The quantitative estimate of drug-likeness (QED) is 0.793. The minimum atomic E-state index is 0.777. The summed E-state index contributed by atoms with van der Waals surface area (Å²) in [5, 5.41) is 3.87. The maximum atomic E-state index is 3.87. The zero-order chi connectivity index (χ0) is 12.4. The van der Waals surface area contributed by atoms with E-state index >= 15 is 0 Å². The van der Waals surface area contributed by atoms with Crippen LogP contribution >= 0.6 is 0 Å². The van der Waals surface area contributed by atoms with Crippen LogP contribution in [0.15, 0.2) is 30.3 Å². The molecule has 2 aliphatic rings. The van der Waals surface area contributed by atoms with E-state index in [1.165, 1.54) is 44.1 Å². The van der Waals surface area contributed by atoms with E-state index in [0.29, 0.717) is 0 Å². The highest BCUT2D eigenvalue weighted by Crippen LogP contribution is 2.38. The summed E-state index contributed by atoms with van der Waals surface area (Å²) in [4.78, 5) is 0. The van der Waals surface area contributed by atoms with Crippen LogP contribution in [-0.4, -0.2) is 12.1 Å². The first-order chi connectivity index (χ1) is 8.85. The largest absolute Gasteiger partial charge is 0.311 e. The zero-order valence-electron chi connectivity index (χ0n) is 11.4. The summed E-state index contributed by atoms with van der Waals surface area (Å²) in [5.74, 6) is 1.86. The molecule has 1 heteroatoms. The van der Waals surface area contributed by atoms with Gasteiger partial charge in [-0.15, -0.1) is 0 Å². The monoisotopic (exact) mass is 243 g/mol. The third-order valence-corrected chi connectivity index (χ3v) is 4.69. The van der Waals surface area contributed by atoms with Crippen molar-refractivity contribution in [3.63, 3.8) is 0 Å². The van der Waals surface area contributed by atoms with E-state index in [4.69, 9.17) is 0 Å². The minimum absolute atomic E-state index is 0.777. The standard InChI is InChI=1S/C17H25N/c1-2-16(10-13-8-9-13)18-17-11-15(12-17)14-6-4-3-5-7-14/h3-7,13,15-18H,2,8-12H2,1H3. The molecule has 2 fully saturated rings. The van der Waals surface area contributed by atoms with E-state index in [0.717, 1.165) is 23.9 Å². The van der Waals surface area contributed by atoms with Gasteiger partial charge in [0.15, 0.2) is 0 Å². The van der Waals surface area contributed by atoms with Crippen LogP contribution in [0.3, 0.4) is 0 Å². The zero-order valence-corrected chi connectivity index (χ0v) is 11.4. The lowest BCUT2D eigenvalue weighted by Gasteiger charge is -2.39. The van der Waals surface area contributed by atoms with Gasteiger partial charge in [-0.2, -0.15) is 0 Å². The molecule has 0 amide bonds. The Labute approximate surface area is 111 Å². The van der Waals surface area contributed by atoms with E-state index < -0.39 is 0 Å². The molecule has 3 rings (SSSR count). The smallest absolute Gasteiger partial charge is 0.00813 e. The van der Waals surface area contributed by atoms with Crippen LogP contribution in [0.2, 0.25) is 0 Å². The fourth-order valence-corrected chi connectivity index (χ4v) is 3.19. The van der Waals surface area contributed by atoms with Gasteiger partial charge in [-0.1, -0.05) is 50.1 Å². The molecule has 0 bridgehead atoms. The van der Waals surface area contributed by atoms with Gasteiger partial charge < -0.3 is 5.32 Å². The molecule has 0 aliphatic heterocycles. The van der Waals surface area contributed by atoms with Gasteiger partial charge in [0.05, 0.1) is 0 Å². The van der Waals surface area contributed by atoms with E-state index in [9.17, 15) is 0 Å². The Hall–Kier alpha value is -0.820. The normalized spacial score (nSPS) is 28.7. The average molecular weight is 243 g/mol. The molecule has 18 heavy (non-hydrogen) atoms. The molecule has 0 saturated heterocycles. The summed E-state index contributed by atoms with van der Waals surface area (Å²) in [6.45, 7) is 2.33. The predicted molar refractivity (Wildman–Crippen MR) is 76.8 cm³/mol. The van der Waals surface area contributed by atoms with Gasteiger partial charge in [0.25, 0.3) is 0 Å². The molecule has 2 aliphatic carbocycles. The van der Waals surface area contributed by atoms with Crippen molar-refractivity contribution in [3.8, 4) is 0 Å². The third-order valence-electron chi connectivity index (χ3n) is 4.69. The summed E-state index contributed by atoms with van der Waals surface area (Å²) in [6.07, 6.45) is 8.35.